The molecule has 0 amide bonds. The average molecular weight is 487 g/mol. The number of ether oxygens (including phenoxy) is 2. The number of fused-ring (bicyclic) bond motifs is 3. The Balaban J connectivity index is 1.64. The maximum atomic E-state index is 6.65. The number of nitrogens with one attached hydrogen (secondary N) is 1. The van der Waals surface area contributed by atoms with Gasteiger partial charge in [0.15, 0.2) is 6.10 Å². The summed E-state index contributed by atoms with van der Waals surface area (Å²) in [6, 6.07) is 24.2. The van der Waals surface area contributed by atoms with Gasteiger partial charge in [0.2, 0.25) is 5.95 Å². The van der Waals surface area contributed by atoms with Crippen LogP contribution < -0.4 is 14.8 Å². The number of hydrogen-bond donors (Lipinski definition) is 1. The molecule has 0 fully saturated rings. The van der Waals surface area contributed by atoms with E-state index in [0.29, 0.717) is 5.95 Å². The monoisotopic (exact) mass is 486 g/mol. The molecule has 0 spiro atoms. The van der Waals surface area contributed by atoms with Gasteiger partial charge in [0, 0.05) is 21.2 Å². The number of halogens is 1. The van der Waals surface area contributed by atoms with Crippen LogP contribution in [0.25, 0.3) is 5.70 Å². The Labute approximate surface area is 193 Å². The summed E-state index contributed by atoms with van der Waals surface area (Å²) in [5, 5.41) is 8.09. The zero-order valence-electron chi connectivity index (χ0n) is 17.2. The van der Waals surface area contributed by atoms with E-state index in [9.17, 15) is 0 Å². The third-order valence-corrected chi connectivity index (χ3v) is 6.46. The van der Waals surface area contributed by atoms with E-state index in [1.165, 1.54) is 0 Å². The fraction of sp³-hybridized carbons (Fsp3) is 0.120. The Hall–Kier alpha value is -3.58. The fourth-order valence-electron chi connectivity index (χ4n) is 4.52. The van der Waals surface area contributed by atoms with Crippen LogP contribution in [0.5, 0.6) is 11.5 Å². The van der Waals surface area contributed by atoms with E-state index < -0.39 is 0 Å². The highest BCUT2D eigenvalue weighted by molar-refractivity contribution is 9.10. The highest BCUT2D eigenvalue weighted by Crippen LogP contribution is 2.51. The Morgan fingerprint density at radius 1 is 1.00 bits per heavy atom. The van der Waals surface area contributed by atoms with Crippen molar-refractivity contribution in [1.29, 1.82) is 0 Å². The van der Waals surface area contributed by atoms with Crippen molar-refractivity contribution in [3.05, 3.63) is 106 Å². The van der Waals surface area contributed by atoms with Crippen molar-refractivity contribution in [3.63, 3.8) is 0 Å². The van der Waals surface area contributed by atoms with Gasteiger partial charge >= 0.3 is 0 Å². The van der Waals surface area contributed by atoms with Crippen molar-refractivity contribution in [2.24, 2.45) is 0 Å². The van der Waals surface area contributed by atoms with Crippen molar-refractivity contribution in [2.45, 2.75) is 12.1 Å². The zero-order valence-corrected chi connectivity index (χ0v) is 18.8. The van der Waals surface area contributed by atoms with Crippen LogP contribution in [-0.4, -0.2) is 21.9 Å². The topological polar surface area (TPSA) is 61.2 Å². The van der Waals surface area contributed by atoms with E-state index in [-0.39, 0.29) is 12.1 Å². The number of methoxy groups -OCH3 is 1. The SMILES string of the molecule is COc1ccccc1[C@H]1Oc2ccccc2C2=C1[C@@H](c1ccc(Br)cc1)n1ncnc1N2. The first-order chi connectivity index (χ1) is 15.7. The zero-order chi connectivity index (χ0) is 21.7. The molecular formula is C25H19BrN4O2. The molecule has 2 aliphatic rings. The van der Waals surface area contributed by atoms with Crippen LogP contribution in [0.1, 0.15) is 28.8 Å². The molecule has 3 aromatic carbocycles. The van der Waals surface area contributed by atoms with Crippen LogP contribution in [0.4, 0.5) is 5.95 Å². The summed E-state index contributed by atoms with van der Waals surface area (Å²) in [4.78, 5) is 4.48. The number of para-hydroxylation sites is 2. The van der Waals surface area contributed by atoms with Gasteiger partial charge in [-0.05, 0) is 35.9 Å². The van der Waals surface area contributed by atoms with Gasteiger partial charge in [-0.3, -0.25) is 0 Å². The van der Waals surface area contributed by atoms with Crippen molar-refractivity contribution in [3.8, 4) is 11.5 Å². The van der Waals surface area contributed by atoms with Gasteiger partial charge in [-0.25, -0.2) is 4.68 Å². The number of anilines is 1. The molecule has 32 heavy (non-hydrogen) atoms. The van der Waals surface area contributed by atoms with E-state index in [1.807, 2.05) is 53.2 Å². The lowest BCUT2D eigenvalue weighted by Crippen LogP contribution is -2.32. The molecule has 2 atom stereocenters. The van der Waals surface area contributed by atoms with Crippen molar-refractivity contribution in [2.75, 3.05) is 12.4 Å². The van der Waals surface area contributed by atoms with Gasteiger partial charge in [-0.15, -0.1) is 0 Å². The molecule has 0 saturated heterocycles. The molecule has 7 heteroatoms. The fourth-order valence-corrected chi connectivity index (χ4v) is 4.79. The second-order valence-electron chi connectivity index (χ2n) is 7.67. The van der Waals surface area contributed by atoms with Gasteiger partial charge in [0.05, 0.1) is 12.8 Å². The first kappa shape index (κ1) is 19.1. The molecule has 1 N–H and O–H groups in total. The highest BCUT2D eigenvalue weighted by atomic mass is 79.9. The number of hydrogen-bond acceptors (Lipinski definition) is 5. The quantitative estimate of drug-likeness (QED) is 0.407. The first-order valence-corrected chi connectivity index (χ1v) is 11.1. The number of benzene rings is 3. The second kappa shape index (κ2) is 7.53. The molecule has 0 unspecified atom stereocenters. The standard InChI is InChI=1S/C25H19BrN4O2/c1-31-19-8-4-3-7-18(19)24-21-22(17-6-2-5-9-20(17)32-24)29-25-27-14-28-30(25)23(21)15-10-12-16(26)13-11-15/h2-14,23-24H,1H3,(H,27,28,29)/t23-,24-/m1/s1. The molecule has 0 bridgehead atoms. The van der Waals surface area contributed by atoms with Crippen molar-refractivity contribution in [1.82, 2.24) is 14.8 Å². The number of aromatic nitrogens is 3. The van der Waals surface area contributed by atoms with Crippen LogP contribution >= 0.6 is 15.9 Å². The summed E-state index contributed by atoms with van der Waals surface area (Å²) in [6.45, 7) is 0. The molecule has 0 saturated carbocycles. The largest absolute Gasteiger partial charge is 0.496 e. The van der Waals surface area contributed by atoms with E-state index in [2.05, 4.69) is 55.6 Å². The highest BCUT2D eigenvalue weighted by Gasteiger charge is 2.41. The second-order valence-corrected chi connectivity index (χ2v) is 8.59. The molecule has 158 valence electrons. The molecule has 1 aromatic heterocycles. The van der Waals surface area contributed by atoms with Gasteiger partial charge in [0.1, 0.15) is 23.9 Å². The molecule has 2 aliphatic heterocycles. The van der Waals surface area contributed by atoms with Gasteiger partial charge in [0.25, 0.3) is 0 Å². The van der Waals surface area contributed by atoms with Crippen LogP contribution in [0.3, 0.4) is 0 Å². The smallest absolute Gasteiger partial charge is 0.226 e. The van der Waals surface area contributed by atoms with Gasteiger partial charge in [-0.1, -0.05) is 58.4 Å². The predicted octanol–water partition coefficient (Wildman–Crippen LogP) is 5.61. The minimum Gasteiger partial charge on any atom is -0.496 e. The normalized spacial score (nSPS) is 18.7. The van der Waals surface area contributed by atoms with Crippen LogP contribution in [-0.2, 0) is 0 Å². The third-order valence-electron chi connectivity index (χ3n) is 5.93. The average Bonchev–Trinajstić information content (AvgIpc) is 3.31. The van der Waals surface area contributed by atoms with E-state index in [1.54, 1.807) is 13.4 Å². The summed E-state index contributed by atoms with van der Waals surface area (Å²) in [5.74, 6) is 2.30. The molecule has 0 radical (unpaired) electrons. The molecular weight excluding hydrogens is 468 g/mol. The van der Waals surface area contributed by atoms with Gasteiger partial charge < -0.3 is 14.8 Å². The Bertz CT molecular complexity index is 1350. The molecule has 0 aliphatic carbocycles. The van der Waals surface area contributed by atoms with E-state index >= 15 is 0 Å². The minimum absolute atomic E-state index is 0.194. The van der Waals surface area contributed by atoms with Crippen LogP contribution in [0.15, 0.2) is 89.2 Å². The summed E-state index contributed by atoms with van der Waals surface area (Å²) in [5.41, 5.74) is 5.12. The first-order valence-electron chi connectivity index (χ1n) is 10.3. The Morgan fingerprint density at radius 3 is 2.62 bits per heavy atom. The minimum atomic E-state index is -0.366. The predicted molar refractivity (Wildman–Crippen MR) is 126 cm³/mol. The summed E-state index contributed by atoms with van der Waals surface area (Å²) >= 11 is 3.55. The summed E-state index contributed by atoms with van der Waals surface area (Å²) < 4.78 is 15.3. The van der Waals surface area contributed by atoms with E-state index in [4.69, 9.17) is 9.47 Å². The van der Waals surface area contributed by atoms with Crippen LogP contribution in [0, 0.1) is 0 Å². The number of rotatable bonds is 3. The summed E-state index contributed by atoms with van der Waals surface area (Å²) in [6.07, 6.45) is 1.21. The molecule has 4 aromatic rings. The summed E-state index contributed by atoms with van der Waals surface area (Å²) in [7, 11) is 1.69. The Morgan fingerprint density at radius 2 is 1.78 bits per heavy atom. The Kier molecular flexibility index (Phi) is 4.50. The van der Waals surface area contributed by atoms with Crippen molar-refractivity contribution >= 4 is 27.6 Å². The maximum Gasteiger partial charge on any atom is 0.226 e. The van der Waals surface area contributed by atoms with E-state index in [0.717, 1.165) is 43.9 Å². The molecule has 6 rings (SSSR count). The lowest BCUT2D eigenvalue weighted by molar-refractivity contribution is 0.217. The van der Waals surface area contributed by atoms with Crippen LogP contribution in [0.2, 0.25) is 0 Å². The third kappa shape index (κ3) is 2.92. The van der Waals surface area contributed by atoms with Crippen molar-refractivity contribution < 1.29 is 9.47 Å². The van der Waals surface area contributed by atoms with Gasteiger partial charge in [-0.2, -0.15) is 10.1 Å². The lowest BCUT2D eigenvalue weighted by Gasteiger charge is -2.39. The molecule has 6 nitrogen and oxygen atoms in total. The maximum absolute atomic E-state index is 6.65. The molecule has 3 heterocycles. The lowest BCUT2D eigenvalue weighted by atomic mass is 9.84. The number of nitrogens with zero attached hydrogens (tertiary/aromatic N) is 3.